The molecule has 2 aliphatic rings. The van der Waals surface area contributed by atoms with Crippen molar-refractivity contribution in [3.63, 3.8) is 0 Å². The molecule has 0 aliphatic carbocycles. The van der Waals surface area contributed by atoms with Crippen LogP contribution in [0.4, 0.5) is 0 Å². The van der Waals surface area contributed by atoms with Crippen molar-refractivity contribution in [2.45, 2.75) is 110 Å². The number of hydroxylamine groups is 3. The van der Waals surface area contributed by atoms with Crippen LogP contribution < -0.4 is 12.4 Å². The van der Waals surface area contributed by atoms with Crippen molar-refractivity contribution in [1.29, 1.82) is 0 Å². The van der Waals surface area contributed by atoms with E-state index in [0.29, 0.717) is 30.2 Å². The maximum atomic E-state index is 11.9. The Morgan fingerprint density at radius 3 is 1.90 bits per heavy atom. The van der Waals surface area contributed by atoms with Crippen LogP contribution in [0.25, 0.3) is 0 Å². The Morgan fingerprint density at radius 1 is 0.897 bits per heavy atom. The molecular formula is C24H45ClN2O2. The Bertz CT molecular complexity index is 458. The number of quaternary nitrogens is 1. The summed E-state index contributed by atoms with van der Waals surface area (Å²) in [5, 5.41) is 0. The van der Waals surface area contributed by atoms with Gasteiger partial charge in [-0.15, -0.1) is 4.65 Å². The maximum Gasteiger partial charge on any atom is 0.226 e. The van der Waals surface area contributed by atoms with Gasteiger partial charge < -0.3 is 12.4 Å². The van der Waals surface area contributed by atoms with E-state index in [9.17, 15) is 4.79 Å². The van der Waals surface area contributed by atoms with Gasteiger partial charge in [0.25, 0.3) is 0 Å². The predicted octanol–water partition coefficient (Wildman–Crippen LogP) is 3.33. The van der Waals surface area contributed by atoms with Crippen LogP contribution in [0.2, 0.25) is 0 Å². The first-order valence-electron chi connectivity index (χ1n) is 12.2. The molecule has 0 aromatic heterocycles. The second-order valence-corrected chi connectivity index (χ2v) is 8.85. The molecular weight excluding hydrogens is 384 g/mol. The van der Waals surface area contributed by atoms with Crippen LogP contribution in [0.1, 0.15) is 110 Å². The standard InChI is InChI=1S/C24H45N2O2.ClH/c1-2-3-4-5-6-7-8-9-10-11-12-13-14-15-20-26(21-17-22-28-26)23-25-19-16-18-24(25)27;/h17,21H,2-16,18-20,22-23H2,1H3;1H/q+1;/p-1. The van der Waals surface area contributed by atoms with E-state index < -0.39 is 0 Å². The Morgan fingerprint density at radius 2 is 1.45 bits per heavy atom. The Balaban J connectivity index is 0.00000420. The molecule has 2 heterocycles. The number of hydrogen-bond donors (Lipinski definition) is 0. The van der Waals surface area contributed by atoms with Gasteiger partial charge in [0.1, 0.15) is 19.4 Å². The van der Waals surface area contributed by atoms with Crippen molar-refractivity contribution in [2.24, 2.45) is 0 Å². The maximum absolute atomic E-state index is 11.9. The Kier molecular flexibility index (Phi) is 14.7. The highest BCUT2D eigenvalue weighted by atomic mass is 35.5. The van der Waals surface area contributed by atoms with Crippen molar-refractivity contribution >= 4 is 5.91 Å². The van der Waals surface area contributed by atoms with Crippen LogP contribution >= 0.6 is 0 Å². The molecule has 1 atom stereocenters. The fraction of sp³-hybridized carbons (Fsp3) is 0.875. The predicted molar refractivity (Wildman–Crippen MR) is 116 cm³/mol. The number of carbonyl (C=O) groups is 1. The molecule has 1 saturated heterocycles. The van der Waals surface area contributed by atoms with E-state index in [1.165, 1.54) is 89.9 Å². The molecule has 1 fully saturated rings. The molecule has 1 amide bonds. The summed E-state index contributed by atoms with van der Waals surface area (Å²) in [6.07, 6.45) is 25.4. The van der Waals surface area contributed by atoms with Crippen LogP contribution in [-0.2, 0) is 9.63 Å². The first kappa shape index (κ1) is 26.5. The van der Waals surface area contributed by atoms with Crippen molar-refractivity contribution in [3.05, 3.63) is 12.3 Å². The highest BCUT2D eigenvalue weighted by molar-refractivity contribution is 5.77. The van der Waals surface area contributed by atoms with Gasteiger partial charge in [0.2, 0.25) is 5.91 Å². The lowest BCUT2D eigenvalue weighted by atomic mass is 10.0. The van der Waals surface area contributed by atoms with E-state index in [-0.39, 0.29) is 12.4 Å². The molecule has 0 bridgehead atoms. The lowest BCUT2D eigenvalue weighted by molar-refractivity contribution is -1.06. The van der Waals surface area contributed by atoms with Crippen LogP contribution in [0, 0.1) is 0 Å². The summed E-state index contributed by atoms with van der Waals surface area (Å²) >= 11 is 0. The minimum Gasteiger partial charge on any atom is -1.00 e. The minimum atomic E-state index is 0. The quantitative estimate of drug-likeness (QED) is 0.262. The molecule has 0 aromatic rings. The van der Waals surface area contributed by atoms with Gasteiger partial charge in [-0.2, -0.15) is 4.84 Å². The van der Waals surface area contributed by atoms with Crippen molar-refractivity contribution in [3.8, 4) is 0 Å². The molecule has 2 rings (SSSR count). The number of nitrogens with zero attached hydrogens (tertiary/aromatic N) is 2. The molecule has 2 aliphatic heterocycles. The summed E-state index contributed by atoms with van der Waals surface area (Å²) in [5.41, 5.74) is 0. The summed E-state index contributed by atoms with van der Waals surface area (Å²) in [5.74, 6) is 0.294. The molecule has 0 saturated carbocycles. The summed E-state index contributed by atoms with van der Waals surface area (Å²) in [7, 11) is 0. The second kappa shape index (κ2) is 16.2. The van der Waals surface area contributed by atoms with E-state index in [1.54, 1.807) is 0 Å². The molecule has 170 valence electrons. The normalized spacial score (nSPS) is 21.1. The average molecular weight is 429 g/mol. The third-order valence-corrected chi connectivity index (χ3v) is 6.28. The average Bonchev–Trinajstić information content (AvgIpc) is 3.32. The van der Waals surface area contributed by atoms with E-state index in [0.717, 1.165) is 19.5 Å². The van der Waals surface area contributed by atoms with Crippen molar-refractivity contribution < 1.29 is 26.7 Å². The summed E-state index contributed by atoms with van der Waals surface area (Å²) in [4.78, 5) is 19.9. The number of hydrogen-bond acceptors (Lipinski definition) is 2. The van der Waals surface area contributed by atoms with Gasteiger partial charge in [0.05, 0.1) is 0 Å². The number of unbranched alkanes of at least 4 members (excludes halogenated alkanes) is 13. The van der Waals surface area contributed by atoms with Gasteiger partial charge in [-0.1, -0.05) is 84.0 Å². The smallest absolute Gasteiger partial charge is 0.226 e. The largest absolute Gasteiger partial charge is 1.00 e. The first-order valence-corrected chi connectivity index (χ1v) is 12.2. The highest BCUT2D eigenvalue weighted by Crippen LogP contribution is 2.22. The molecule has 5 heteroatoms. The van der Waals surface area contributed by atoms with Gasteiger partial charge in [-0.25, -0.2) is 0 Å². The van der Waals surface area contributed by atoms with Gasteiger partial charge in [-0.05, 0) is 19.3 Å². The number of amides is 1. The van der Waals surface area contributed by atoms with Crippen molar-refractivity contribution in [2.75, 3.05) is 26.4 Å². The van der Waals surface area contributed by atoms with Crippen LogP contribution in [0.3, 0.4) is 0 Å². The molecule has 0 aromatic carbocycles. The van der Waals surface area contributed by atoms with Crippen molar-refractivity contribution in [1.82, 2.24) is 4.90 Å². The van der Waals surface area contributed by atoms with E-state index in [1.807, 2.05) is 4.90 Å². The number of halogens is 1. The van der Waals surface area contributed by atoms with Crippen LogP contribution in [-0.4, -0.2) is 41.8 Å². The van der Waals surface area contributed by atoms with Crippen LogP contribution in [0.5, 0.6) is 0 Å². The Labute approximate surface area is 186 Å². The van der Waals surface area contributed by atoms with Crippen LogP contribution in [0.15, 0.2) is 12.3 Å². The molecule has 0 spiro atoms. The third-order valence-electron chi connectivity index (χ3n) is 6.28. The second-order valence-electron chi connectivity index (χ2n) is 8.85. The number of rotatable bonds is 17. The van der Waals surface area contributed by atoms with Gasteiger partial charge in [-0.3, -0.25) is 9.69 Å². The SMILES string of the molecule is CCCCCCCCCCCCCCCC[N+]1(CN2CCCC2=O)C=CCO1.[Cl-]. The molecule has 1 unspecified atom stereocenters. The number of carbonyl (C=O) groups excluding carboxylic acids is 1. The minimum absolute atomic E-state index is 0. The topological polar surface area (TPSA) is 29.5 Å². The van der Waals surface area contributed by atoms with E-state index >= 15 is 0 Å². The molecule has 29 heavy (non-hydrogen) atoms. The van der Waals surface area contributed by atoms with E-state index in [2.05, 4.69) is 19.2 Å². The monoisotopic (exact) mass is 428 g/mol. The van der Waals surface area contributed by atoms with Gasteiger partial charge in [0.15, 0.2) is 6.67 Å². The summed E-state index contributed by atoms with van der Waals surface area (Å²) < 4.78 is 0.532. The molecule has 0 N–H and O–H groups in total. The zero-order valence-electron chi connectivity index (χ0n) is 18.9. The molecule has 4 nitrogen and oxygen atoms in total. The number of likely N-dealkylation sites (tertiary alicyclic amines) is 1. The Hall–Kier alpha value is -0.580. The lowest BCUT2D eigenvalue weighted by Crippen LogP contribution is -3.00. The molecule has 0 radical (unpaired) electrons. The lowest BCUT2D eigenvalue weighted by Gasteiger charge is -2.32. The first-order chi connectivity index (χ1) is 13.8. The zero-order valence-corrected chi connectivity index (χ0v) is 19.6. The van der Waals surface area contributed by atoms with Gasteiger partial charge in [0, 0.05) is 19.0 Å². The zero-order chi connectivity index (χ0) is 19.9. The highest BCUT2D eigenvalue weighted by Gasteiger charge is 2.36. The summed E-state index contributed by atoms with van der Waals surface area (Å²) in [6.45, 7) is 5.56. The third kappa shape index (κ3) is 10.8. The summed E-state index contributed by atoms with van der Waals surface area (Å²) in [6, 6.07) is 0. The van der Waals surface area contributed by atoms with Gasteiger partial charge >= 0.3 is 0 Å². The fourth-order valence-corrected chi connectivity index (χ4v) is 4.48. The van der Waals surface area contributed by atoms with E-state index in [4.69, 9.17) is 4.84 Å². The fourth-order valence-electron chi connectivity index (χ4n) is 4.48.